The van der Waals surface area contributed by atoms with Crippen LogP contribution in [0.15, 0.2) is 41.2 Å². The van der Waals surface area contributed by atoms with Crippen LogP contribution in [0.2, 0.25) is 0 Å². The van der Waals surface area contributed by atoms with Crippen molar-refractivity contribution < 1.29 is 17.9 Å². The van der Waals surface area contributed by atoms with Crippen LogP contribution >= 0.6 is 0 Å². The Morgan fingerprint density at radius 2 is 1.71 bits per heavy atom. The standard InChI is InChI=1S/C26H26F3N3O2/c1-16-12-17(14-19(13-16)34-2)24-20-6-5-7-21(20)25(33)32(30-24)23-15-18(31-10-3-4-11-31)8-9-22(23)26(27,28)29/h8-9,12-15H,3-7,10-11H2,1-2H3. The molecule has 1 fully saturated rings. The highest BCUT2D eigenvalue weighted by molar-refractivity contribution is 5.68. The van der Waals surface area contributed by atoms with Crippen molar-refractivity contribution >= 4 is 5.69 Å². The van der Waals surface area contributed by atoms with Gasteiger partial charge in [0.15, 0.2) is 0 Å². The zero-order valence-electron chi connectivity index (χ0n) is 19.2. The molecule has 0 N–H and O–H groups in total. The number of aryl methyl sites for hydroxylation is 1. The number of hydrogen-bond acceptors (Lipinski definition) is 4. The maximum atomic E-state index is 14.1. The van der Waals surface area contributed by atoms with E-state index in [0.717, 1.165) is 59.8 Å². The van der Waals surface area contributed by atoms with Crippen LogP contribution in [-0.4, -0.2) is 30.0 Å². The number of ether oxygens (including phenoxy) is 1. The van der Waals surface area contributed by atoms with Gasteiger partial charge in [0.05, 0.1) is 24.1 Å². The summed E-state index contributed by atoms with van der Waals surface area (Å²) >= 11 is 0. The molecule has 5 nitrogen and oxygen atoms in total. The number of fused-ring (bicyclic) bond motifs is 1. The van der Waals surface area contributed by atoms with Crippen molar-refractivity contribution in [2.24, 2.45) is 0 Å². The molecule has 8 heteroatoms. The summed E-state index contributed by atoms with van der Waals surface area (Å²) in [6.45, 7) is 3.49. The second-order valence-electron chi connectivity index (χ2n) is 9.01. The summed E-state index contributed by atoms with van der Waals surface area (Å²) in [5.74, 6) is 0.633. The van der Waals surface area contributed by atoms with Gasteiger partial charge in [-0.15, -0.1) is 0 Å². The van der Waals surface area contributed by atoms with Crippen molar-refractivity contribution in [1.29, 1.82) is 0 Å². The number of methoxy groups -OCH3 is 1. The van der Waals surface area contributed by atoms with E-state index in [2.05, 4.69) is 5.10 Å². The van der Waals surface area contributed by atoms with Crippen LogP contribution in [-0.2, 0) is 19.0 Å². The first-order valence-electron chi connectivity index (χ1n) is 11.5. The molecule has 1 aliphatic carbocycles. The molecule has 0 spiro atoms. The van der Waals surface area contributed by atoms with Crippen molar-refractivity contribution in [3.63, 3.8) is 0 Å². The Hall–Kier alpha value is -3.29. The predicted octanol–water partition coefficient (Wildman–Crippen LogP) is 5.32. The Morgan fingerprint density at radius 1 is 0.971 bits per heavy atom. The SMILES string of the molecule is COc1cc(C)cc(-c2nn(-c3cc(N4CCCC4)ccc3C(F)(F)F)c(=O)c3c2CCC3)c1. The lowest BCUT2D eigenvalue weighted by molar-refractivity contribution is -0.137. The van der Waals surface area contributed by atoms with E-state index >= 15 is 0 Å². The van der Waals surface area contributed by atoms with Gasteiger partial charge in [0.1, 0.15) is 5.75 Å². The molecule has 0 unspecified atom stereocenters. The fourth-order valence-electron chi connectivity index (χ4n) is 5.08. The number of aromatic nitrogens is 2. The Morgan fingerprint density at radius 3 is 2.41 bits per heavy atom. The third-order valence-electron chi connectivity index (χ3n) is 6.70. The first kappa shape index (κ1) is 22.5. The largest absolute Gasteiger partial charge is 0.497 e. The number of halogens is 3. The first-order chi connectivity index (χ1) is 16.3. The van der Waals surface area contributed by atoms with Crippen LogP contribution in [0.25, 0.3) is 16.9 Å². The van der Waals surface area contributed by atoms with Crippen LogP contribution in [0.4, 0.5) is 18.9 Å². The highest BCUT2D eigenvalue weighted by atomic mass is 19.4. The topological polar surface area (TPSA) is 47.4 Å². The van der Waals surface area contributed by atoms with E-state index in [9.17, 15) is 18.0 Å². The molecule has 0 atom stereocenters. The summed E-state index contributed by atoms with van der Waals surface area (Å²) in [4.78, 5) is 15.5. The summed E-state index contributed by atoms with van der Waals surface area (Å²) < 4.78 is 48.5. The lowest BCUT2D eigenvalue weighted by Gasteiger charge is -2.22. The molecule has 1 saturated heterocycles. The van der Waals surface area contributed by atoms with E-state index < -0.39 is 17.3 Å². The Kier molecular flexibility index (Phi) is 5.62. The normalized spacial score (nSPS) is 15.6. The third-order valence-corrected chi connectivity index (χ3v) is 6.70. The van der Waals surface area contributed by atoms with Gasteiger partial charge in [-0.05, 0) is 86.6 Å². The molecular formula is C26H26F3N3O2. The molecule has 0 radical (unpaired) electrons. The summed E-state index contributed by atoms with van der Waals surface area (Å²) in [7, 11) is 1.57. The van der Waals surface area contributed by atoms with Crippen molar-refractivity contribution in [2.75, 3.05) is 25.1 Å². The lowest BCUT2D eigenvalue weighted by atomic mass is 10.0. The van der Waals surface area contributed by atoms with E-state index in [1.165, 1.54) is 12.1 Å². The quantitative estimate of drug-likeness (QED) is 0.519. The molecule has 178 valence electrons. The van der Waals surface area contributed by atoms with E-state index in [1.807, 2.05) is 30.0 Å². The van der Waals surface area contributed by atoms with Gasteiger partial charge in [-0.25, -0.2) is 0 Å². The highest BCUT2D eigenvalue weighted by Gasteiger charge is 2.36. The van der Waals surface area contributed by atoms with Crippen molar-refractivity contribution in [3.8, 4) is 22.7 Å². The van der Waals surface area contributed by atoms with Gasteiger partial charge < -0.3 is 9.64 Å². The van der Waals surface area contributed by atoms with Gasteiger partial charge in [0.25, 0.3) is 5.56 Å². The molecule has 34 heavy (non-hydrogen) atoms. The average Bonchev–Trinajstić information content (AvgIpc) is 3.51. The summed E-state index contributed by atoms with van der Waals surface area (Å²) in [5, 5.41) is 4.57. The summed E-state index contributed by atoms with van der Waals surface area (Å²) in [5.41, 5.74) is 2.68. The van der Waals surface area contributed by atoms with Gasteiger partial charge in [-0.2, -0.15) is 23.0 Å². The molecule has 2 aromatic carbocycles. The van der Waals surface area contributed by atoms with Crippen molar-refractivity contribution in [3.05, 3.63) is 69.0 Å². The van der Waals surface area contributed by atoms with E-state index in [1.54, 1.807) is 7.11 Å². The predicted molar refractivity (Wildman–Crippen MR) is 125 cm³/mol. The fourth-order valence-corrected chi connectivity index (χ4v) is 5.08. The average molecular weight is 470 g/mol. The number of alkyl halides is 3. The molecule has 3 aromatic rings. The second kappa shape index (κ2) is 8.49. The molecule has 0 bridgehead atoms. The molecule has 5 rings (SSSR count). The maximum absolute atomic E-state index is 14.1. The number of nitrogens with zero attached hydrogens (tertiary/aromatic N) is 3. The van der Waals surface area contributed by atoms with Crippen molar-refractivity contribution in [2.45, 2.75) is 45.2 Å². The van der Waals surface area contributed by atoms with Gasteiger partial charge >= 0.3 is 6.18 Å². The Labute approximate surface area is 195 Å². The highest BCUT2D eigenvalue weighted by Crippen LogP contribution is 2.37. The van der Waals surface area contributed by atoms with Gasteiger partial charge in [0, 0.05) is 29.9 Å². The van der Waals surface area contributed by atoms with Gasteiger partial charge in [-0.1, -0.05) is 0 Å². The van der Waals surface area contributed by atoms with Gasteiger partial charge in [-0.3, -0.25) is 4.79 Å². The number of benzene rings is 2. The minimum atomic E-state index is -4.62. The summed E-state index contributed by atoms with van der Waals surface area (Å²) in [6.07, 6.45) is -0.666. The van der Waals surface area contributed by atoms with E-state index in [4.69, 9.17) is 4.74 Å². The third kappa shape index (κ3) is 3.95. The van der Waals surface area contributed by atoms with Crippen LogP contribution in [0.3, 0.4) is 0 Å². The zero-order valence-corrected chi connectivity index (χ0v) is 19.2. The van der Waals surface area contributed by atoms with Crippen LogP contribution in [0.5, 0.6) is 5.75 Å². The van der Waals surface area contributed by atoms with E-state index in [0.29, 0.717) is 35.5 Å². The Balaban J connectivity index is 1.77. The fraction of sp³-hybridized carbons (Fsp3) is 0.385. The van der Waals surface area contributed by atoms with Crippen molar-refractivity contribution in [1.82, 2.24) is 9.78 Å². The molecule has 0 amide bonds. The Bertz CT molecular complexity index is 1310. The molecule has 2 aliphatic rings. The minimum Gasteiger partial charge on any atom is -0.497 e. The van der Waals surface area contributed by atoms with E-state index in [-0.39, 0.29) is 5.69 Å². The number of rotatable bonds is 4. The van der Waals surface area contributed by atoms with Crippen LogP contribution in [0, 0.1) is 6.92 Å². The second-order valence-corrected chi connectivity index (χ2v) is 9.01. The lowest BCUT2D eigenvalue weighted by Crippen LogP contribution is -2.28. The number of anilines is 1. The molecule has 1 aromatic heterocycles. The monoisotopic (exact) mass is 469 g/mol. The van der Waals surface area contributed by atoms with Crippen LogP contribution < -0.4 is 15.2 Å². The maximum Gasteiger partial charge on any atom is 0.418 e. The van der Waals surface area contributed by atoms with Crippen LogP contribution in [0.1, 0.15) is 41.5 Å². The smallest absolute Gasteiger partial charge is 0.418 e. The molecular weight excluding hydrogens is 443 g/mol. The van der Waals surface area contributed by atoms with Gasteiger partial charge in [0.2, 0.25) is 0 Å². The molecule has 0 saturated carbocycles. The minimum absolute atomic E-state index is 0.225. The molecule has 2 heterocycles. The molecule has 1 aliphatic heterocycles. The summed E-state index contributed by atoms with van der Waals surface area (Å²) in [6, 6.07) is 9.63. The zero-order chi connectivity index (χ0) is 24.0. The first-order valence-corrected chi connectivity index (χ1v) is 11.5. The number of hydrogen-bond donors (Lipinski definition) is 0.